The van der Waals surface area contributed by atoms with E-state index in [-0.39, 0.29) is 29.1 Å². The molecule has 0 amide bonds. The molecule has 7 nitrogen and oxygen atoms in total. The van der Waals surface area contributed by atoms with Crippen molar-refractivity contribution in [2.45, 2.75) is 50.2 Å². The first-order valence-electron chi connectivity index (χ1n) is 8.08. The molecular formula is C16H24N2O5S. The predicted octanol–water partition coefficient (Wildman–Crippen LogP) is 2.05. The average Bonchev–Trinajstić information content (AvgIpc) is 3.06. The van der Waals surface area contributed by atoms with E-state index in [1.165, 1.54) is 18.2 Å². The molecule has 3 N–H and O–H groups in total. The number of hydrogen-bond acceptors (Lipinski definition) is 5. The molecule has 1 aromatic carbocycles. The maximum Gasteiger partial charge on any atom is 0.337 e. The van der Waals surface area contributed by atoms with Gasteiger partial charge in [0.05, 0.1) is 16.6 Å². The Morgan fingerprint density at radius 1 is 1.46 bits per heavy atom. The Balaban J connectivity index is 2.19. The number of carboxylic acid groups (broad SMARTS) is 1. The van der Waals surface area contributed by atoms with Crippen molar-refractivity contribution in [3.05, 3.63) is 23.8 Å². The number of nitrogens with one attached hydrogen (secondary N) is 2. The van der Waals surface area contributed by atoms with Crippen LogP contribution in [0.2, 0.25) is 0 Å². The van der Waals surface area contributed by atoms with Crippen LogP contribution >= 0.6 is 0 Å². The fourth-order valence-corrected chi connectivity index (χ4v) is 3.54. The first kappa shape index (κ1) is 18.7. The highest BCUT2D eigenvalue weighted by atomic mass is 32.2. The lowest BCUT2D eigenvalue weighted by atomic mass is 10.1. The quantitative estimate of drug-likeness (QED) is 0.658. The van der Waals surface area contributed by atoms with E-state index in [1.54, 1.807) is 0 Å². The van der Waals surface area contributed by atoms with Crippen molar-refractivity contribution < 1.29 is 23.1 Å². The predicted molar refractivity (Wildman–Crippen MR) is 90.9 cm³/mol. The van der Waals surface area contributed by atoms with Gasteiger partial charge in [-0.05, 0) is 44.4 Å². The molecule has 2 rings (SSSR count). The third kappa shape index (κ3) is 4.68. The zero-order valence-corrected chi connectivity index (χ0v) is 14.7. The number of anilines is 1. The summed E-state index contributed by atoms with van der Waals surface area (Å²) in [5.41, 5.74) is 0.352. The van der Waals surface area contributed by atoms with Gasteiger partial charge in [0.25, 0.3) is 0 Å². The Kier molecular flexibility index (Phi) is 6.20. The molecule has 1 aliphatic rings. The molecule has 1 saturated heterocycles. The fourth-order valence-electron chi connectivity index (χ4n) is 2.45. The molecule has 1 aromatic rings. The molecule has 0 unspecified atom stereocenters. The Morgan fingerprint density at radius 3 is 2.79 bits per heavy atom. The first-order chi connectivity index (χ1) is 11.3. The minimum atomic E-state index is -3.78. The molecule has 1 aliphatic heterocycles. The lowest BCUT2D eigenvalue weighted by molar-refractivity contribution is 0.0697. The van der Waals surface area contributed by atoms with E-state index in [1.807, 2.05) is 13.8 Å². The van der Waals surface area contributed by atoms with Crippen LogP contribution in [-0.4, -0.2) is 44.8 Å². The number of carbonyl (C=O) groups is 1. The highest BCUT2D eigenvalue weighted by Gasteiger charge is 2.22. The number of rotatable bonds is 8. The Hall–Kier alpha value is -1.64. The van der Waals surface area contributed by atoms with Crippen LogP contribution in [0.15, 0.2) is 23.1 Å². The highest BCUT2D eigenvalue weighted by molar-refractivity contribution is 7.89. The highest BCUT2D eigenvalue weighted by Crippen LogP contribution is 2.22. The second-order valence-electron chi connectivity index (χ2n) is 5.95. The second kappa shape index (κ2) is 7.96. The van der Waals surface area contributed by atoms with E-state index < -0.39 is 16.0 Å². The molecule has 0 radical (unpaired) electrons. The van der Waals surface area contributed by atoms with Crippen molar-refractivity contribution in [2.75, 3.05) is 18.5 Å². The number of hydrogen-bond donors (Lipinski definition) is 3. The van der Waals surface area contributed by atoms with Gasteiger partial charge < -0.3 is 15.2 Å². The van der Waals surface area contributed by atoms with Gasteiger partial charge in [0.1, 0.15) is 0 Å². The Morgan fingerprint density at radius 2 is 2.21 bits per heavy atom. The van der Waals surface area contributed by atoms with Gasteiger partial charge >= 0.3 is 5.97 Å². The summed E-state index contributed by atoms with van der Waals surface area (Å²) in [6.45, 7) is 4.74. The van der Waals surface area contributed by atoms with Crippen molar-refractivity contribution in [2.24, 2.45) is 0 Å². The van der Waals surface area contributed by atoms with Gasteiger partial charge in [-0.15, -0.1) is 0 Å². The van der Waals surface area contributed by atoms with Crippen molar-refractivity contribution in [1.29, 1.82) is 0 Å². The smallest absolute Gasteiger partial charge is 0.337 e. The number of sulfonamides is 1. The molecule has 2 atom stereocenters. The number of aromatic carboxylic acids is 1. The molecule has 0 aliphatic carbocycles. The average molecular weight is 356 g/mol. The van der Waals surface area contributed by atoms with Gasteiger partial charge in [0.15, 0.2) is 0 Å². The van der Waals surface area contributed by atoms with Crippen LogP contribution < -0.4 is 10.0 Å². The van der Waals surface area contributed by atoms with Crippen LogP contribution in [0, 0.1) is 0 Å². The number of ether oxygens (including phenoxy) is 1. The molecule has 1 fully saturated rings. The van der Waals surface area contributed by atoms with Gasteiger partial charge in [0.2, 0.25) is 10.0 Å². The van der Waals surface area contributed by atoms with Crippen molar-refractivity contribution >= 4 is 21.7 Å². The van der Waals surface area contributed by atoms with Gasteiger partial charge in [-0.3, -0.25) is 0 Å². The maximum atomic E-state index is 12.4. The topological polar surface area (TPSA) is 105 Å². The first-order valence-corrected chi connectivity index (χ1v) is 9.57. The third-order valence-corrected chi connectivity index (χ3v) is 5.49. The van der Waals surface area contributed by atoms with E-state index >= 15 is 0 Å². The monoisotopic (exact) mass is 356 g/mol. The van der Waals surface area contributed by atoms with Crippen LogP contribution in [0.4, 0.5) is 5.69 Å². The van der Waals surface area contributed by atoms with Crippen LogP contribution in [0.1, 0.15) is 43.5 Å². The zero-order valence-electron chi connectivity index (χ0n) is 13.9. The fraction of sp³-hybridized carbons (Fsp3) is 0.562. The summed E-state index contributed by atoms with van der Waals surface area (Å²) >= 11 is 0. The largest absolute Gasteiger partial charge is 0.478 e. The van der Waals surface area contributed by atoms with E-state index in [9.17, 15) is 18.3 Å². The number of benzene rings is 1. The summed E-state index contributed by atoms with van der Waals surface area (Å²) in [6, 6.07) is 4.18. The van der Waals surface area contributed by atoms with Gasteiger partial charge in [0, 0.05) is 24.9 Å². The van der Waals surface area contributed by atoms with Crippen molar-refractivity contribution in [3.63, 3.8) is 0 Å². The molecule has 0 bridgehead atoms. The van der Waals surface area contributed by atoms with Crippen molar-refractivity contribution in [1.82, 2.24) is 4.72 Å². The molecule has 0 spiro atoms. The summed E-state index contributed by atoms with van der Waals surface area (Å²) in [5.74, 6) is -1.17. The molecule has 134 valence electrons. The molecule has 8 heteroatoms. The minimum Gasteiger partial charge on any atom is -0.478 e. The normalized spacial score (nSPS) is 19.2. The Bertz CT molecular complexity index is 684. The maximum absolute atomic E-state index is 12.4. The lowest BCUT2D eigenvalue weighted by Crippen LogP contribution is -2.32. The van der Waals surface area contributed by atoms with E-state index in [0.29, 0.717) is 12.3 Å². The van der Waals surface area contributed by atoms with Gasteiger partial charge in [-0.1, -0.05) is 6.92 Å². The summed E-state index contributed by atoms with van der Waals surface area (Å²) in [5, 5.41) is 12.4. The molecule has 0 saturated carbocycles. The van der Waals surface area contributed by atoms with Crippen LogP contribution in [0.5, 0.6) is 0 Å². The SMILES string of the molecule is CC[C@H](C)Nc1ccc(S(=O)(=O)NC[C@H]2CCCO2)cc1C(=O)O. The summed E-state index contributed by atoms with van der Waals surface area (Å²) in [4.78, 5) is 11.4. The van der Waals surface area contributed by atoms with E-state index in [0.717, 1.165) is 19.3 Å². The standard InChI is InChI=1S/C16H24N2O5S/c1-3-11(2)18-15-7-6-13(9-14(15)16(19)20)24(21,22)17-10-12-5-4-8-23-12/h6-7,9,11-12,17-18H,3-5,8,10H2,1-2H3,(H,19,20)/t11-,12+/m0/s1. The summed E-state index contributed by atoms with van der Waals surface area (Å²) < 4.78 is 32.6. The Labute approximate surface area is 142 Å². The summed E-state index contributed by atoms with van der Waals surface area (Å²) in [7, 11) is -3.78. The lowest BCUT2D eigenvalue weighted by Gasteiger charge is -2.16. The van der Waals surface area contributed by atoms with Crippen molar-refractivity contribution in [3.8, 4) is 0 Å². The van der Waals surface area contributed by atoms with Crippen LogP contribution in [0.3, 0.4) is 0 Å². The van der Waals surface area contributed by atoms with Crippen LogP contribution in [-0.2, 0) is 14.8 Å². The van der Waals surface area contributed by atoms with Gasteiger partial charge in [-0.25, -0.2) is 17.9 Å². The third-order valence-electron chi connectivity index (χ3n) is 4.07. The van der Waals surface area contributed by atoms with E-state index in [2.05, 4.69) is 10.0 Å². The molecule has 0 aromatic heterocycles. The minimum absolute atomic E-state index is 0.0599. The van der Waals surface area contributed by atoms with E-state index in [4.69, 9.17) is 4.74 Å². The van der Waals surface area contributed by atoms with Crippen LogP contribution in [0.25, 0.3) is 0 Å². The zero-order chi connectivity index (χ0) is 17.7. The van der Waals surface area contributed by atoms with Gasteiger partial charge in [-0.2, -0.15) is 0 Å². The molecular weight excluding hydrogens is 332 g/mol. The summed E-state index contributed by atoms with van der Waals surface area (Å²) in [6.07, 6.45) is 2.44. The second-order valence-corrected chi connectivity index (χ2v) is 7.72. The molecule has 1 heterocycles. The molecule has 24 heavy (non-hydrogen) atoms. The number of carboxylic acids is 1.